The molecular formula is C21H24N6O. The van der Waals surface area contributed by atoms with E-state index in [1.165, 1.54) is 5.56 Å². The van der Waals surface area contributed by atoms with Crippen LogP contribution in [-0.4, -0.2) is 64.7 Å². The third-order valence-electron chi connectivity index (χ3n) is 5.56. The molecule has 1 aromatic heterocycles. The van der Waals surface area contributed by atoms with E-state index in [-0.39, 0.29) is 11.9 Å². The minimum absolute atomic E-state index is 0.0216. The van der Waals surface area contributed by atoms with Gasteiger partial charge in [-0.1, -0.05) is 30.3 Å². The molecule has 0 aliphatic carbocycles. The number of anilines is 1. The number of aromatic nitrogens is 2. The Morgan fingerprint density at radius 2 is 1.79 bits per heavy atom. The molecule has 144 valence electrons. The van der Waals surface area contributed by atoms with Crippen molar-refractivity contribution in [2.45, 2.75) is 25.4 Å². The Balaban J connectivity index is 1.35. The lowest BCUT2D eigenvalue weighted by atomic mass is 10.0. The van der Waals surface area contributed by atoms with Crippen LogP contribution in [0.15, 0.2) is 42.5 Å². The van der Waals surface area contributed by atoms with Crippen molar-refractivity contribution in [3.8, 4) is 6.07 Å². The van der Waals surface area contributed by atoms with E-state index in [1.54, 1.807) is 6.07 Å². The predicted molar refractivity (Wildman–Crippen MR) is 105 cm³/mol. The maximum atomic E-state index is 13.1. The highest BCUT2D eigenvalue weighted by Crippen LogP contribution is 2.22. The van der Waals surface area contributed by atoms with Crippen LogP contribution in [0.5, 0.6) is 0 Å². The number of benzene rings is 1. The first-order valence-corrected chi connectivity index (χ1v) is 9.80. The van der Waals surface area contributed by atoms with Crippen LogP contribution in [0.3, 0.4) is 0 Å². The Morgan fingerprint density at radius 3 is 2.46 bits per heavy atom. The fourth-order valence-electron chi connectivity index (χ4n) is 4.04. The van der Waals surface area contributed by atoms with Crippen LogP contribution in [0.1, 0.15) is 24.1 Å². The molecule has 0 unspecified atom stereocenters. The average molecular weight is 376 g/mol. The smallest absolute Gasteiger partial charge is 0.240 e. The van der Waals surface area contributed by atoms with E-state index in [4.69, 9.17) is 5.26 Å². The zero-order chi connectivity index (χ0) is 19.3. The molecule has 3 heterocycles. The van der Waals surface area contributed by atoms with Crippen LogP contribution in [-0.2, 0) is 11.3 Å². The fourth-order valence-corrected chi connectivity index (χ4v) is 4.04. The van der Waals surface area contributed by atoms with Crippen molar-refractivity contribution in [3.05, 3.63) is 53.7 Å². The maximum absolute atomic E-state index is 13.1. The number of piperidine rings is 1. The number of nitrogens with zero attached hydrogens (tertiary/aromatic N) is 6. The van der Waals surface area contributed by atoms with Gasteiger partial charge in [0.2, 0.25) is 5.91 Å². The summed E-state index contributed by atoms with van der Waals surface area (Å²) >= 11 is 0. The summed E-state index contributed by atoms with van der Waals surface area (Å²) in [7, 11) is 0. The van der Waals surface area contributed by atoms with Gasteiger partial charge < -0.3 is 9.80 Å². The molecular weight excluding hydrogens is 352 g/mol. The summed E-state index contributed by atoms with van der Waals surface area (Å²) in [6.45, 7) is 4.81. The predicted octanol–water partition coefficient (Wildman–Crippen LogP) is 1.66. The number of piperazine rings is 1. The Bertz CT molecular complexity index is 839. The molecule has 2 aliphatic heterocycles. The maximum Gasteiger partial charge on any atom is 0.240 e. The number of nitriles is 1. The second-order valence-corrected chi connectivity index (χ2v) is 7.32. The van der Waals surface area contributed by atoms with E-state index in [2.05, 4.69) is 32.1 Å². The quantitative estimate of drug-likeness (QED) is 0.808. The van der Waals surface area contributed by atoms with Gasteiger partial charge in [-0.25, -0.2) is 0 Å². The Kier molecular flexibility index (Phi) is 5.49. The molecule has 28 heavy (non-hydrogen) atoms. The summed E-state index contributed by atoms with van der Waals surface area (Å²) in [5.41, 5.74) is 1.51. The van der Waals surface area contributed by atoms with Crippen molar-refractivity contribution in [2.75, 3.05) is 37.6 Å². The van der Waals surface area contributed by atoms with E-state index in [0.717, 1.165) is 51.4 Å². The van der Waals surface area contributed by atoms with Gasteiger partial charge in [0.1, 0.15) is 6.07 Å². The standard InChI is InChI=1S/C21H24N6O/c22-15-18-8-9-20(24-23-18)26-13-11-25(12-14-26)19-7-4-10-27(21(19)28)16-17-5-2-1-3-6-17/h1-3,5-6,8-9,19H,4,7,10-14,16H2/t19-/m0/s1. The monoisotopic (exact) mass is 376 g/mol. The molecule has 0 N–H and O–H groups in total. The molecule has 0 bridgehead atoms. The third-order valence-corrected chi connectivity index (χ3v) is 5.56. The normalized spacial score (nSPS) is 20.8. The van der Waals surface area contributed by atoms with Gasteiger partial charge in [0, 0.05) is 39.3 Å². The van der Waals surface area contributed by atoms with Crippen LogP contribution in [0.2, 0.25) is 0 Å². The van der Waals surface area contributed by atoms with Crippen molar-refractivity contribution in [1.82, 2.24) is 20.0 Å². The Morgan fingerprint density at radius 1 is 1.00 bits per heavy atom. The largest absolute Gasteiger partial charge is 0.353 e. The van der Waals surface area contributed by atoms with Gasteiger partial charge in [-0.15, -0.1) is 10.2 Å². The van der Waals surface area contributed by atoms with Crippen molar-refractivity contribution in [3.63, 3.8) is 0 Å². The molecule has 1 amide bonds. The van der Waals surface area contributed by atoms with Crippen LogP contribution < -0.4 is 4.90 Å². The number of hydrogen-bond donors (Lipinski definition) is 0. The third kappa shape index (κ3) is 3.97. The molecule has 7 heteroatoms. The van der Waals surface area contributed by atoms with Gasteiger partial charge >= 0.3 is 0 Å². The van der Waals surface area contributed by atoms with E-state index in [9.17, 15) is 4.79 Å². The molecule has 4 rings (SSSR count). The summed E-state index contributed by atoms with van der Waals surface area (Å²) in [5, 5.41) is 16.9. The molecule has 0 saturated carbocycles. The Hall–Kier alpha value is -2.98. The molecule has 1 aromatic carbocycles. The van der Waals surface area contributed by atoms with Crippen molar-refractivity contribution in [1.29, 1.82) is 5.26 Å². The summed E-state index contributed by atoms with van der Waals surface area (Å²) in [4.78, 5) is 19.5. The lowest BCUT2D eigenvalue weighted by Crippen LogP contribution is -2.57. The Labute approximate surface area is 165 Å². The van der Waals surface area contributed by atoms with Crippen LogP contribution >= 0.6 is 0 Å². The minimum atomic E-state index is -0.0216. The van der Waals surface area contributed by atoms with E-state index in [0.29, 0.717) is 12.2 Å². The number of amides is 1. The van der Waals surface area contributed by atoms with E-state index in [1.807, 2.05) is 35.2 Å². The SMILES string of the molecule is N#Cc1ccc(N2CCN([C@H]3CCCN(Cc4ccccc4)C3=O)CC2)nn1. The van der Waals surface area contributed by atoms with Crippen molar-refractivity contribution in [2.24, 2.45) is 0 Å². The van der Waals surface area contributed by atoms with Crippen LogP contribution in [0, 0.1) is 11.3 Å². The van der Waals surface area contributed by atoms with Crippen LogP contribution in [0.25, 0.3) is 0 Å². The van der Waals surface area contributed by atoms with Crippen LogP contribution in [0.4, 0.5) is 5.82 Å². The molecule has 2 fully saturated rings. The van der Waals surface area contributed by atoms with Gasteiger partial charge in [-0.05, 0) is 30.5 Å². The number of carbonyl (C=O) groups excluding carboxylic acids is 1. The van der Waals surface area contributed by atoms with Crippen molar-refractivity contribution >= 4 is 11.7 Å². The van der Waals surface area contributed by atoms with Gasteiger partial charge in [0.25, 0.3) is 0 Å². The topological polar surface area (TPSA) is 76.4 Å². The molecule has 7 nitrogen and oxygen atoms in total. The van der Waals surface area contributed by atoms with Gasteiger partial charge in [0.15, 0.2) is 11.5 Å². The zero-order valence-corrected chi connectivity index (χ0v) is 15.9. The highest BCUT2D eigenvalue weighted by Gasteiger charge is 2.34. The number of hydrogen-bond acceptors (Lipinski definition) is 6. The lowest BCUT2D eigenvalue weighted by molar-refractivity contribution is -0.141. The van der Waals surface area contributed by atoms with Gasteiger partial charge in [0.05, 0.1) is 6.04 Å². The van der Waals surface area contributed by atoms with E-state index >= 15 is 0 Å². The molecule has 1 atom stereocenters. The summed E-state index contributed by atoms with van der Waals surface area (Å²) in [6.07, 6.45) is 1.98. The molecule has 0 spiro atoms. The molecule has 0 radical (unpaired) electrons. The second kappa shape index (κ2) is 8.36. The number of likely N-dealkylation sites (tertiary alicyclic amines) is 1. The molecule has 2 aliphatic rings. The second-order valence-electron chi connectivity index (χ2n) is 7.32. The van der Waals surface area contributed by atoms with Crippen molar-refractivity contribution < 1.29 is 4.79 Å². The fraction of sp³-hybridized carbons (Fsp3) is 0.429. The van der Waals surface area contributed by atoms with Gasteiger partial charge in [-0.3, -0.25) is 9.69 Å². The summed E-state index contributed by atoms with van der Waals surface area (Å²) in [5.74, 6) is 1.04. The highest BCUT2D eigenvalue weighted by molar-refractivity contribution is 5.82. The lowest BCUT2D eigenvalue weighted by Gasteiger charge is -2.42. The average Bonchev–Trinajstić information content (AvgIpc) is 2.76. The first-order valence-electron chi connectivity index (χ1n) is 9.80. The van der Waals surface area contributed by atoms with E-state index < -0.39 is 0 Å². The number of carbonyl (C=O) groups is 1. The summed E-state index contributed by atoms with van der Waals surface area (Å²) < 4.78 is 0. The first-order chi connectivity index (χ1) is 13.7. The molecule has 2 aromatic rings. The zero-order valence-electron chi connectivity index (χ0n) is 15.9. The highest BCUT2D eigenvalue weighted by atomic mass is 16.2. The minimum Gasteiger partial charge on any atom is -0.353 e. The molecule has 2 saturated heterocycles. The first kappa shape index (κ1) is 18.4. The van der Waals surface area contributed by atoms with Gasteiger partial charge in [-0.2, -0.15) is 5.26 Å². The summed E-state index contributed by atoms with van der Waals surface area (Å²) in [6, 6.07) is 15.7. The number of rotatable bonds is 4.